The zero-order valence-electron chi connectivity index (χ0n) is 12.1. The molecule has 0 saturated heterocycles. The van der Waals surface area contributed by atoms with E-state index in [9.17, 15) is 13.6 Å². The summed E-state index contributed by atoms with van der Waals surface area (Å²) >= 11 is 0. The van der Waals surface area contributed by atoms with Crippen LogP contribution in [0.1, 0.15) is 26.2 Å². The fourth-order valence-electron chi connectivity index (χ4n) is 2.63. The number of benzene rings is 1. The van der Waals surface area contributed by atoms with Gasteiger partial charge in [-0.25, -0.2) is 8.78 Å². The first-order valence-electron chi connectivity index (χ1n) is 6.98. The van der Waals surface area contributed by atoms with E-state index in [2.05, 4.69) is 5.32 Å². The van der Waals surface area contributed by atoms with Crippen LogP contribution in [0.25, 0.3) is 0 Å². The smallest absolute Gasteiger partial charge is 0.326 e. The van der Waals surface area contributed by atoms with E-state index in [0.717, 1.165) is 12.1 Å². The molecule has 1 N–H and O–H groups in total. The molecule has 21 heavy (non-hydrogen) atoms. The number of esters is 1. The van der Waals surface area contributed by atoms with Gasteiger partial charge in [0, 0.05) is 12.5 Å². The first-order valence-corrected chi connectivity index (χ1v) is 6.98. The number of halogens is 2. The van der Waals surface area contributed by atoms with Crippen LogP contribution in [0.2, 0.25) is 0 Å². The van der Waals surface area contributed by atoms with Crippen LogP contribution in [0.4, 0.5) is 8.78 Å². The number of rotatable bonds is 5. The molecule has 2 unspecified atom stereocenters. The quantitative estimate of drug-likeness (QED) is 0.848. The summed E-state index contributed by atoms with van der Waals surface area (Å²) < 4.78 is 37.1. The van der Waals surface area contributed by atoms with E-state index in [1.807, 2.05) is 0 Å². The minimum absolute atomic E-state index is 0.00263. The Hall–Kier alpha value is -1.69. The van der Waals surface area contributed by atoms with Crippen molar-refractivity contribution in [3.63, 3.8) is 0 Å². The Morgan fingerprint density at radius 2 is 2.24 bits per heavy atom. The summed E-state index contributed by atoms with van der Waals surface area (Å²) in [4.78, 5) is 12.0. The van der Waals surface area contributed by atoms with Gasteiger partial charge >= 0.3 is 5.97 Å². The summed E-state index contributed by atoms with van der Waals surface area (Å²) in [6, 6.07) is 3.18. The summed E-state index contributed by atoms with van der Waals surface area (Å²) in [6.07, 6.45) is 1.22. The standard InChI is InChI=1S/C15H19F2NO3/c1-3-20-14(19)15(18-2)7-6-11(9-15)21-13-5-4-10(16)8-12(13)17/h4-5,8,11,18H,3,6-7,9H2,1-2H3. The number of hydrogen-bond donors (Lipinski definition) is 1. The Morgan fingerprint density at radius 1 is 1.48 bits per heavy atom. The lowest BCUT2D eigenvalue weighted by Crippen LogP contribution is -2.49. The van der Waals surface area contributed by atoms with Gasteiger partial charge in [0.2, 0.25) is 0 Å². The lowest BCUT2D eigenvalue weighted by Gasteiger charge is -2.26. The normalized spacial score (nSPS) is 24.9. The predicted octanol–water partition coefficient (Wildman–Crippen LogP) is 2.42. The summed E-state index contributed by atoms with van der Waals surface area (Å²) in [7, 11) is 1.69. The highest BCUT2D eigenvalue weighted by Crippen LogP contribution is 2.34. The third-order valence-electron chi connectivity index (χ3n) is 3.80. The van der Waals surface area contributed by atoms with Crippen molar-refractivity contribution in [1.29, 1.82) is 0 Å². The SMILES string of the molecule is CCOC(=O)C1(NC)CCC(Oc2ccc(F)cc2F)C1. The summed E-state index contributed by atoms with van der Waals surface area (Å²) in [5, 5.41) is 2.99. The van der Waals surface area contributed by atoms with Crippen molar-refractivity contribution in [2.24, 2.45) is 0 Å². The third-order valence-corrected chi connectivity index (χ3v) is 3.80. The third kappa shape index (κ3) is 3.32. The molecule has 1 aromatic rings. The predicted molar refractivity (Wildman–Crippen MR) is 73.0 cm³/mol. The minimum atomic E-state index is -0.794. The molecule has 1 aromatic carbocycles. The highest BCUT2D eigenvalue weighted by Gasteiger charge is 2.46. The average molecular weight is 299 g/mol. The molecule has 116 valence electrons. The van der Waals surface area contributed by atoms with Gasteiger partial charge < -0.3 is 14.8 Å². The molecule has 2 rings (SSSR count). The van der Waals surface area contributed by atoms with Crippen molar-refractivity contribution in [3.8, 4) is 5.75 Å². The van der Waals surface area contributed by atoms with Crippen LogP contribution < -0.4 is 10.1 Å². The van der Waals surface area contributed by atoms with Crippen molar-refractivity contribution in [2.75, 3.05) is 13.7 Å². The zero-order valence-corrected chi connectivity index (χ0v) is 12.1. The van der Waals surface area contributed by atoms with Gasteiger partial charge in [0.1, 0.15) is 17.5 Å². The molecule has 0 amide bonds. The van der Waals surface area contributed by atoms with E-state index in [4.69, 9.17) is 9.47 Å². The van der Waals surface area contributed by atoms with Crippen molar-refractivity contribution < 1.29 is 23.0 Å². The van der Waals surface area contributed by atoms with Crippen LogP contribution in [0.15, 0.2) is 18.2 Å². The van der Waals surface area contributed by atoms with Gasteiger partial charge in [0.15, 0.2) is 11.6 Å². The average Bonchev–Trinajstić information content (AvgIpc) is 2.87. The van der Waals surface area contributed by atoms with Crippen molar-refractivity contribution in [1.82, 2.24) is 5.32 Å². The van der Waals surface area contributed by atoms with Crippen LogP contribution >= 0.6 is 0 Å². The number of carbonyl (C=O) groups excluding carboxylic acids is 1. The van der Waals surface area contributed by atoms with Gasteiger partial charge in [-0.15, -0.1) is 0 Å². The van der Waals surface area contributed by atoms with Crippen molar-refractivity contribution in [2.45, 2.75) is 37.8 Å². The molecule has 0 bridgehead atoms. The molecular weight excluding hydrogens is 280 g/mol. The van der Waals surface area contributed by atoms with Gasteiger partial charge in [-0.3, -0.25) is 4.79 Å². The maximum atomic E-state index is 13.6. The highest BCUT2D eigenvalue weighted by atomic mass is 19.1. The van der Waals surface area contributed by atoms with E-state index in [1.165, 1.54) is 6.07 Å². The fourth-order valence-corrected chi connectivity index (χ4v) is 2.63. The Balaban J connectivity index is 2.06. The molecule has 0 heterocycles. The molecule has 4 nitrogen and oxygen atoms in total. The van der Waals surface area contributed by atoms with Gasteiger partial charge in [-0.05, 0) is 38.9 Å². The van der Waals surface area contributed by atoms with Crippen LogP contribution in [-0.4, -0.2) is 31.3 Å². The van der Waals surface area contributed by atoms with Gasteiger partial charge in [0.05, 0.1) is 6.61 Å². The van der Waals surface area contributed by atoms with Crippen LogP contribution in [0, 0.1) is 11.6 Å². The van der Waals surface area contributed by atoms with Gasteiger partial charge in [-0.2, -0.15) is 0 Å². The molecule has 0 radical (unpaired) electrons. The minimum Gasteiger partial charge on any atom is -0.487 e. The lowest BCUT2D eigenvalue weighted by molar-refractivity contribution is -0.151. The summed E-state index contributed by atoms with van der Waals surface area (Å²) in [5.41, 5.74) is -0.794. The van der Waals surface area contributed by atoms with Gasteiger partial charge in [0.25, 0.3) is 0 Å². The highest BCUT2D eigenvalue weighted by molar-refractivity contribution is 5.81. The van der Waals surface area contributed by atoms with E-state index in [1.54, 1.807) is 14.0 Å². The molecule has 1 fully saturated rings. The number of likely N-dealkylation sites (N-methyl/N-ethyl adjacent to an activating group) is 1. The van der Waals surface area contributed by atoms with Crippen LogP contribution in [0.5, 0.6) is 5.75 Å². The number of hydrogen-bond acceptors (Lipinski definition) is 4. The number of nitrogens with one attached hydrogen (secondary N) is 1. The van der Waals surface area contributed by atoms with Crippen LogP contribution in [0.3, 0.4) is 0 Å². The van der Waals surface area contributed by atoms with E-state index in [0.29, 0.717) is 25.9 Å². The van der Waals surface area contributed by atoms with E-state index < -0.39 is 17.2 Å². The molecule has 2 atom stereocenters. The molecule has 6 heteroatoms. The topological polar surface area (TPSA) is 47.6 Å². The maximum Gasteiger partial charge on any atom is 0.326 e. The Labute approximate surface area is 122 Å². The summed E-state index contributed by atoms with van der Waals surface area (Å²) in [5.74, 6) is -1.72. The molecule has 1 saturated carbocycles. The Kier molecular flexibility index (Phi) is 4.77. The number of carbonyl (C=O) groups is 1. The van der Waals surface area contributed by atoms with E-state index in [-0.39, 0.29) is 17.8 Å². The van der Waals surface area contributed by atoms with Gasteiger partial charge in [-0.1, -0.05) is 0 Å². The van der Waals surface area contributed by atoms with Crippen molar-refractivity contribution >= 4 is 5.97 Å². The second-order valence-corrected chi connectivity index (χ2v) is 5.11. The second kappa shape index (κ2) is 6.39. The maximum absolute atomic E-state index is 13.6. The van der Waals surface area contributed by atoms with E-state index >= 15 is 0 Å². The Morgan fingerprint density at radius 3 is 2.86 bits per heavy atom. The largest absolute Gasteiger partial charge is 0.487 e. The second-order valence-electron chi connectivity index (χ2n) is 5.11. The molecule has 0 aliphatic heterocycles. The molecule has 1 aliphatic carbocycles. The molecule has 0 spiro atoms. The zero-order chi connectivity index (χ0) is 15.5. The lowest BCUT2D eigenvalue weighted by atomic mass is 9.98. The molecule has 1 aliphatic rings. The summed E-state index contributed by atoms with van der Waals surface area (Å²) in [6.45, 7) is 2.05. The Bertz CT molecular complexity index is 524. The first-order chi connectivity index (χ1) is 10.0. The monoisotopic (exact) mass is 299 g/mol. The van der Waals surface area contributed by atoms with Crippen molar-refractivity contribution in [3.05, 3.63) is 29.8 Å². The fraction of sp³-hybridized carbons (Fsp3) is 0.533. The first kappa shape index (κ1) is 15.7. The number of ether oxygens (including phenoxy) is 2. The van der Waals surface area contributed by atoms with Crippen LogP contribution in [-0.2, 0) is 9.53 Å². The molecule has 0 aromatic heterocycles. The molecular formula is C15H19F2NO3.